The Bertz CT molecular complexity index is 745. The summed E-state index contributed by atoms with van der Waals surface area (Å²) in [5.74, 6) is 1.75. The fourth-order valence-electron chi connectivity index (χ4n) is 3.71. The molecule has 2 aromatic rings. The molecule has 1 aromatic carbocycles. The van der Waals surface area contributed by atoms with Crippen LogP contribution in [0.5, 0.6) is 5.75 Å². The first-order valence-corrected chi connectivity index (χ1v) is 8.67. The normalized spacial score (nSPS) is 21.3. The zero-order valence-corrected chi connectivity index (χ0v) is 13.7. The largest absolute Gasteiger partial charge is 0.410 e. The van der Waals surface area contributed by atoms with Crippen LogP contribution in [-0.4, -0.2) is 42.2 Å². The zero-order valence-electron chi connectivity index (χ0n) is 13.7. The molecule has 128 valence electrons. The van der Waals surface area contributed by atoms with Crippen LogP contribution in [0.3, 0.4) is 0 Å². The van der Waals surface area contributed by atoms with Gasteiger partial charge in [0.2, 0.25) is 0 Å². The molecule has 1 unspecified atom stereocenters. The van der Waals surface area contributed by atoms with Crippen LogP contribution >= 0.6 is 0 Å². The Morgan fingerprint density at radius 2 is 2.12 bits per heavy atom. The van der Waals surface area contributed by atoms with Gasteiger partial charge < -0.3 is 25.7 Å². The summed E-state index contributed by atoms with van der Waals surface area (Å²) in [4.78, 5) is 21.7. The minimum absolute atomic E-state index is 0.364. The van der Waals surface area contributed by atoms with E-state index in [9.17, 15) is 4.79 Å². The number of H-pyrrole nitrogens is 1. The summed E-state index contributed by atoms with van der Waals surface area (Å²) in [6.07, 6.45) is 3.82. The number of piperidine rings is 1. The highest BCUT2D eigenvalue weighted by molar-refractivity contribution is 5.88. The van der Waals surface area contributed by atoms with Crippen LogP contribution in [-0.2, 0) is 0 Å². The number of rotatable bonds is 3. The molecule has 7 nitrogen and oxygen atoms in total. The number of ether oxygens (including phenoxy) is 1. The van der Waals surface area contributed by atoms with E-state index in [1.165, 1.54) is 12.8 Å². The van der Waals surface area contributed by atoms with Gasteiger partial charge in [-0.1, -0.05) is 0 Å². The second kappa shape index (κ2) is 6.32. The maximum absolute atomic E-state index is 11.3. The number of fused-ring (bicyclic) bond motifs is 1. The molecular formula is C17H23N5O2. The number of nitrogens with one attached hydrogen (secondary N) is 2. The number of amides is 1. The van der Waals surface area contributed by atoms with Gasteiger partial charge in [0.1, 0.15) is 11.3 Å². The average Bonchev–Trinajstić information content (AvgIpc) is 3.24. The Morgan fingerprint density at radius 3 is 2.83 bits per heavy atom. The van der Waals surface area contributed by atoms with Crippen LogP contribution in [0.15, 0.2) is 12.1 Å². The highest BCUT2D eigenvalue weighted by Crippen LogP contribution is 2.34. The number of imidazole rings is 1. The van der Waals surface area contributed by atoms with Crippen LogP contribution in [0.2, 0.25) is 0 Å². The fourth-order valence-corrected chi connectivity index (χ4v) is 3.71. The Morgan fingerprint density at radius 1 is 1.29 bits per heavy atom. The molecule has 0 aliphatic carbocycles. The van der Waals surface area contributed by atoms with Gasteiger partial charge in [-0.05, 0) is 38.3 Å². The van der Waals surface area contributed by atoms with E-state index in [0.717, 1.165) is 56.0 Å². The summed E-state index contributed by atoms with van der Waals surface area (Å²) >= 11 is 0. The number of aromatic nitrogens is 2. The number of aromatic amines is 1. The van der Waals surface area contributed by atoms with Crippen molar-refractivity contribution in [3.05, 3.63) is 18.0 Å². The van der Waals surface area contributed by atoms with Gasteiger partial charge in [-0.15, -0.1) is 0 Å². The highest BCUT2D eigenvalue weighted by atomic mass is 16.5. The Kier molecular flexibility index (Phi) is 4.02. The quantitative estimate of drug-likeness (QED) is 0.801. The molecule has 0 saturated carbocycles. The van der Waals surface area contributed by atoms with Crippen molar-refractivity contribution in [2.45, 2.75) is 31.6 Å². The summed E-state index contributed by atoms with van der Waals surface area (Å²) in [6.45, 7) is 4.03. The molecule has 24 heavy (non-hydrogen) atoms. The Balaban J connectivity index is 1.75. The monoisotopic (exact) mass is 329 g/mol. The lowest BCUT2D eigenvalue weighted by Crippen LogP contribution is -2.28. The van der Waals surface area contributed by atoms with Crippen molar-refractivity contribution in [1.82, 2.24) is 15.3 Å². The smallest absolute Gasteiger partial charge is 0.408 e. The summed E-state index contributed by atoms with van der Waals surface area (Å²) in [5.41, 5.74) is 7.87. The van der Waals surface area contributed by atoms with Crippen LogP contribution in [0, 0.1) is 0 Å². The average molecular weight is 329 g/mol. The van der Waals surface area contributed by atoms with Crippen molar-refractivity contribution in [2.75, 3.05) is 31.1 Å². The second-order valence-corrected chi connectivity index (χ2v) is 6.62. The van der Waals surface area contributed by atoms with Gasteiger partial charge in [-0.2, -0.15) is 0 Å². The third-order valence-corrected chi connectivity index (χ3v) is 4.92. The van der Waals surface area contributed by atoms with Crippen molar-refractivity contribution >= 4 is 22.8 Å². The van der Waals surface area contributed by atoms with E-state index in [0.29, 0.717) is 17.2 Å². The van der Waals surface area contributed by atoms with E-state index in [4.69, 9.17) is 15.5 Å². The summed E-state index contributed by atoms with van der Waals surface area (Å²) < 4.78 is 5.24. The molecule has 2 aliphatic heterocycles. The molecule has 3 heterocycles. The molecular weight excluding hydrogens is 306 g/mol. The third-order valence-electron chi connectivity index (χ3n) is 4.92. The first-order chi connectivity index (χ1) is 11.7. The summed E-state index contributed by atoms with van der Waals surface area (Å²) in [5, 5.41) is 3.41. The lowest BCUT2D eigenvalue weighted by molar-refractivity contribution is 0.211. The van der Waals surface area contributed by atoms with E-state index < -0.39 is 6.09 Å². The zero-order chi connectivity index (χ0) is 16.5. The molecule has 0 spiro atoms. The number of nitrogens with two attached hydrogens (primary N) is 1. The molecule has 0 bridgehead atoms. The van der Waals surface area contributed by atoms with Crippen molar-refractivity contribution in [3.8, 4) is 5.75 Å². The van der Waals surface area contributed by atoms with Crippen LogP contribution in [0.25, 0.3) is 11.0 Å². The maximum Gasteiger partial charge on any atom is 0.410 e. The van der Waals surface area contributed by atoms with Crippen molar-refractivity contribution in [3.63, 3.8) is 0 Å². The number of primary amides is 1. The summed E-state index contributed by atoms with van der Waals surface area (Å²) in [6, 6.07) is 3.98. The van der Waals surface area contributed by atoms with Crippen molar-refractivity contribution in [2.24, 2.45) is 5.73 Å². The molecule has 1 amide bonds. The molecule has 2 fully saturated rings. The van der Waals surface area contributed by atoms with Gasteiger partial charge in [0.15, 0.2) is 5.75 Å². The molecule has 1 aromatic heterocycles. The molecule has 7 heteroatoms. The number of anilines is 1. The molecule has 0 radical (unpaired) electrons. The predicted octanol–water partition coefficient (Wildman–Crippen LogP) is 2.09. The standard InChI is InChI=1S/C17H23N5O2/c18-17(23)24-14-9-12(22-6-1-2-7-22)8-13-15(14)21-16(20-13)11-4-3-5-19-10-11/h8-9,11,19H,1-7,10H2,(H2,18,23)(H,20,21). The van der Waals surface area contributed by atoms with Gasteiger partial charge in [0.05, 0.1) is 5.52 Å². The maximum atomic E-state index is 11.3. The van der Waals surface area contributed by atoms with Gasteiger partial charge in [0.25, 0.3) is 0 Å². The number of carbonyl (C=O) groups excluding carboxylic acids is 1. The van der Waals surface area contributed by atoms with Gasteiger partial charge >= 0.3 is 6.09 Å². The minimum atomic E-state index is -0.807. The number of hydrogen-bond donors (Lipinski definition) is 3. The molecule has 1 atom stereocenters. The van der Waals surface area contributed by atoms with E-state index in [2.05, 4.69) is 21.3 Å². The molecule has 4 rings (SSSR count). The van der Waals surface area contributed by atoms with E-state index in [1.807, 2.05) is 6.07 Å². The third kappa shape index (κ3) is 2.91. The highest BCUT2D eigenvalue weighted by Gasteiger charge is 2.22. The van der Waals surface area contributed by atoms with Crippen molar-refractivity contribution < 1.29 is 9.53 Å². The number of hydrogen-bond acceptors (Lipinski definition) is 5. The first kappa shape index (κ1) is 15.3. The second-order valence-electron chi connectivity index (χ2n) is 6.62. The van der Waals surface area contributed by atoms with E-state index in [-0.39, 0.29) is 0 Å². The topological polar surface area (TPSA) is 96.3 Å². The van der Waals surface area contributed by atoms with Crippen molar-refractivity contribution in [1.29, 1.82) is 0 Å². The lowest BCUT2D eigenvalue weighted by Gasteiger charge is -2.20. The summed E-state index contributed by atoms with van der Waals surface area (Å²) in [7, 11) is 0. The first-order valence-electron chi connectivity index (χ1n) is 8.67. The number of carbonyl (C=O) groups is 1. The van der Waals surface area contributed by atoms with E-state index >= 15 is 0 Å². The van der Waals surface area contributed by atoms with Crippen LogP contribution in [0.4, 0.5) is 10.5 Å². The molecule has 2 saturated heterocycles. The Labute approximate surface area is 140 Å². The number of nitrogens with zero attached hydrogens (tertiary/aromatic N) is 2. The molecule has 2 aliphatic rings. The fraction of sp³-hybridized carbons (Fsp3) is 0.529. The van der Waals surface area contributed by atoms with E-state index in [1.54, 1.807) is 0 Å². The van der Waals surface area contributed by atoms with Crippen LogP contribution in [0.1, 0.15) is 37.4 Å². The Hall–Kier alpha value is -2.28. The van der Waals surface area contributed by atoms with Crippen LogP contribution < -0.4 is 20.7 Å². The predicted molar refractivity (Wildman–Crippen MR) is 92.6 cm³/mol. The SMILES string of the molecule is NC(=O)Oc1cc(N2CCCC2)cc2[nH]c(C3CCCNC3)nc12. The van der Waals surface area contributed by atoms with Gasteiger partial charge in [-0.25, -0.2) is 9.78 Å². The minimum Gasteiger partial charge on any atom is -0.408 e. The molecule has 4 N–H and O–H groups in total. The van der Waals surface area contributed by atoms with Gasteiger partial charge in [-0.3, -0.25) is 0 Å². The lowest BCUT2D eigenvalue weighted by atomic mass is 9.99. The number of benzene rings is 1. The van der Waals surface area contributed by atoms with Gasteiger partial charge in [0, 0.05) is 37.3 Å².